The second kappa shape index (κ2) is 8.40. The summed E-state index contributed by atoms with van der Waals surface area (Å²) in [6.45, 7) is 3.45. The monoisotopic (exact) mass is 477 g/mol. The minimum absolute atomic E-state index is 0.0507. The summed E-state index contributed by atoms with van der Waals surface area (Å²) in [7, 11) is 1.62. The van der Waals surface area contributed by atoms with Crippen LogP contribution in [0, 0.1) is 6.92 Å². The molecule has 156 valence electrons. The molecule has 1 heterocycles. The maximum atomic E-state index is 12.5. The molecular weight excluding hydrogens is 458 g/mol. The molecule has 3 aromatic carbocycles. The van der Waals surface area contributed by atoms with E-state index in [4.69, 9.17) is 9.47 Å². The number of aromatic nitrogens is 1. The number of carbonyl (C=O) groups is 2. The third kappa shape index (κ3) is 3.99. The molecule has 0 amide bonds. The van der Waals surface area contributed by atoms with Crippen LogP contribution < -0.4 is 9.47 Å². The topological polar surface area (TPSA) is 57.5 Å². The van der Waals surface area contributed by atoms with Crippen LogP contribution in [0.25, 0.3) is 16.6 Å². The predicted molar refractivity (Wildman–Crippen MR) is 124 cm³/mol. The molecule has 0 N–H and O–H groups in total. The average Bonchev–Trinajstić information content (AvgIpc) is 3.05. The van der Waals surface area contributed by atoms with Gasteiger partial charge in [-0.15, -0.1) is 0 Å². The largest absolute Gasteiger partial charge is 0.497 e. The zero-order chi connectivity index (χ0) is 22.1. The third-order valence-electron chi connectivity index (χ3n) is 5.13. The summed E-state index contributed by atoms with van der Waals surface area (Å²) in [5, 5.41) is 0.736. The van der Waals surface area contributed by atoms with Crippen LogP contribution in [0.5, 0.6) is 11.5 Å². The van der Waals surface area contributed by atoms with Crippen LogP contribution in [-0.2, 0) is 0 Å². The van der Waals surface area contributed by atoms with Crippen molar-refractivity contribution in [1.29, 1.82) is 0 Å². The van der Waals surface area contributed by atoms with Gasteiger partial charge in [0.15, 0.2) is 5.78 Å². The molecule has 5 nitrogen and oxygen atoms in total. The molecular formula is C25H20BrNO4. The Kier molecular flexibility index (Phi) is 5.65. The molecule has 4 rings (SSSR count). The van der Waals surface area contributed by atoms with Crippen molar-refractivity contribution in [2.24, 2.45) is 0 Å². The second-order valence-corrected chi connectivity index (χ2v) is 8.04. The summed E-state index contributed by atoms with van der Waals surface area (Å²) < 4.78 is 13.6. The van der Waals surface area contributed by atoms with Crippen LogP contribution >= 0.6 is 15.9 Å². The molecule has 0 unspecified atom stereocenters. The molecule has 0 aliphatic rings. The normalized spacial score (nSPS) is 10.8. The molecule has 0 atom stereocenters. The molecule has 0 aliphatic heterocycles. The molecule has 0 saturated heterocycles. The number of fused-ring (bicyclic) bond motifs is 1. The number of ketones is 1. The smallest absolute Gasteiger partial charge is 0.343 e. The zero-order valence-corrected chi connectivity index (χ0v) is 18.9. The van der Waals surface area contributed by atoms with E-state index in [9.17, 15) is 9.59 Å². The van der Waals surface area contributed by atoms with Crippen molar-refractivity contribution in [3.05, 3.63) is 88.0 Å². The lowest BCUT2D eigenvalue weighted by Gasteiger charge is -2.10. The van der Waals surface area contributed by atoms with Gasteiger partial charge in [-0.2, -0.15) is 0 Å². The highest BCUT2D eigenvalue weighted by atomic mass is 79.9. The Labute approximate surface area is 188 Å². The van der Waals surface area contributed by atoms with Gasteiger partial charge in [0.25, 0.3) is 0 Å². The van der Waals surface area contributed by atoms with Crippen LogP contribution in [0.3, 0.4) is 0 Å². The fourth-order valence-electron chi connectivity index (χ4n) is 3.75. The Morgan fingerprint density at radius 3 is 2.29 bits per heavy atom. The molecule has 0 bridgehead atoms. The maximum absolute atomic E-state index is 12.5. The van der Waals surface area contributed by atoms with E-state index in [1.54, 1.807) is 44.4 Å². The number of ether oxygens (including phenoxy) is 2. The number of esters is 1. The van der Waals surface area contributed by atoms with Crippen LogP contribution in [0.1, 0.15) is 33.3 Å². The quantitative estimate of drug-likeness (QED) is 0.197. The average molecular weight is 478 g/mol. The van der Waals surface area contributed by atoms with Gasteiger partial charge in [-0.3, -0.25) is 4.79 Å². The van der Waals surface area contributed by atoms with Gasteiger partial charge in [0.05, 0.1) is 18.2 Å². The second-order valence-electron chi connectivity index (χ2n) is 7.13. The van der Waals surface area contributed by atoms with Gasteiger partial charge in [0, 0.05) is 26.8 Å². The highest BCUT2D eigenvalue weighted by Crippen LogP contribution is 2.33. The highest BCUT2D eigenvalue weighted by Gasteiger charge is 2.20. The number of nitrogens with zero attached hydrogens (tertiary/aromatic N) is 1. The Bertz CT molecular complexity index is 1310. The van der Waals surface area contributed by atoms with E-state index in [0.717, 1.165) is 32.5 Å². The van der Waals surface area contributed by atoms with Crippen molar-refractivity contribution >= 4 is 38.6 Å². The van der Waals surface area contributed by atoms with E-state index in [1.807, 2.05) is 47.9 Å². The Morgan fingerprint density at radius 2 is 1.65 bits per heavy atom. The predicted octanol–water partition coefficient (Wildman–Crippen LogP) is 6.13. The summed E-state index contributed by atoms with van der Waals surface area (Å²) >= 11 is 3.36. The SMILES string of the molecule is COc1ccc(-n2c(C)c(C(C)=O)c3cc(OC(=O)c4cccc(Br)c4)ccc32)cc1. The molecule has 1 aromatic heterocycles. The molecule has 0 aliphatic carbocycles. The fourth-order valence-corrected chi connectivity index (χ4v) is 4.15. The van der Waals surface area contributed by atoms with Gasteiger partial charge in [0.2, 0.25) is 0 Å². The molecule has 0 saturated carbocycles. The van der Waals surface area contributed by atoms with Crippen molar-refractivity contribution in [2.45, 2.75) is 13.8 Å². The van der Waals surface area contributed by atoms with E-state index in [0.29, 0.717) is 16.9 Å². The number of rotatable bonds is 5. The first kappa shape index (κ1) is 20.9. The Balaban J connectivity index is 1.79. The Morgan fingerprint density at radius 1 is 0.935 bits per heavy atom. The minimum atomic E-state index is -0.462. The summed E-state index contributed by atoms with van der Waals surface area (Å²) in [4.78, 5) is 25.0. The number of methoxy groups -OCH3 is 1. The van der Waals surface area contributed by atoms with Gasteiger partial charge in [-0.05, 0) is 74.5 Å². The summed E-state index contributed by atoms with van der Waals surface area (Å²) in [5.41, 5.74) is 3.63. The summed E-state index contributed by atoms with van der Waals surface area (Å²) in [6.07, 6.45) is 0. The molecule has 4 aromatic rings. The number of carbonyl (C=O) groups excluding carboxylic acids is 2. The lowest BCUT2D eigenvalue weighted by Crippen LogP contribution is -2.08. The fraction of sp³-hybridized carbons (Fsp3) is 0.120. The maximum Gasteiger partial charge on any atom is 0.343 e. The third-order valence-corrected chi connectivity index (χ3v) is 5.62. The van der Waals surface area contributed by atoms with Crippen molar-refractivity contribution in [1.82, 2.24) is 4.57 Å². The van der Waals surface area contributed by atoms with Crippen LogP contribution in [0.15, 0.2) is 71.2 Å². The number of Topliss-reactive ketones (excluding diaryl/α,β-unsaturated/α-hetero) is 1. The highest BCUT2D eigenvalue weighted by molar-refractivity contribution is 9.10. The van der Waals surface area contributed by atoms with E-state index >= 15 is 0 Å². The van der Waals surface area contributed by atoms with Crippen molar-refractivity contribution in [3.8, 4) is 17.2 Å². The molecule has 6 heteroatoms. The number of benzene rings is 3. The molecule has 0 radical (unpaired) electrons. The van der Waals surface area contributed by atoms with Gasteiger partial charge in [-0.25, -0.2) is 4.79 Å². The lowest BCUT2D eigenvalue weighted by atomic mass is 10.1. The van der Waals surface area contributed by atoms with Gasteiger partial charge < -0.3 is 14.0 Å². The van der Waals surface area contributed by atoms with Crippen molar-refractivity contribution < 1.29 is 19.1 Å². The molecule has 31 heavy (non-hydrogen) atoms. The van der Waals surface area contributed by atoms with E-state index < -0.39 is 5.97 Å². The van der Waals surface area contributed by atoms with E-state index in [-0.39, 0.29) is 5.78 Å². The molecule has 0 spiro atoms. The van der Waals surface area contributed by atoms with Crippen molar-refractivity contribution in [3.63, 3.8) is 0 Å². The molecule has 0 fully saturated rings. The van der Waals surface area contributed by atoms with Crippen LogP contribution in [0.2, 0.25) is 0 Å². The van der Waals surface area contributed by atoms with Crippen LogP contribution in [0.4, 0.5) is 0 Å². The number of halogens is 1. The van der Waals surface area contributed by atoms with E-state index in [2.05, 4.69) is 15.9 Å². The first-order chi connectivity index (χ1) is 14.9. The van der Waals surface area contributed by atoms with Crippen molar-refractivity contribution in [2.75, 3.05) is 7.11 Å². The standard InChI is InChI=1S/C25H20BrNO4/c1-15-24(16(2)28)22-14-21(31-25(29)17-5-4-6-18(26)13-17)11-12-23(22)27(15)19-7-9-20(30-3)10-8-19/h4-14H,1-3H3. The van der Waals surface area contributed by atoms with Crippen LogP contribution in [-0.4, -0.2) is 23.4 Å². The Hall–Kier alpha value is -3.38. The summed E-state index contributed by atoms with van der Waals surface area (Å²) in [5.74, 6) is 0.625. The lowest BCUT2D eigenvalue weighted by molar-refractivity contribution is 0.0734. The first-order valence-corrected chi connectivity index (χ1v) is 10.5. The number of hydrogen-bond donors (Lipinski definition) is 0. The van der Waals surface area contributed by atoms with Gasteiger partial charge in [-0.1, -0.05) is 22.0 Å². The van der Waals surface area contributed by atoms with Gasteiger partial charge in [0.1, 0.15) is 11.5 Å². The first-order valence-electron chi connectivity index (χ1n) is 9.67. The zero-order valence-electron chi connectivity index (χ0n) is 17.3. The number of hydrogen-bond acceptors (Lipinski definition) is 4. The van der Waals surface area contributed by atoms with Gasteiger partial charge >= 0.3 is 5.97 Å². The summed E-state index contributed by atoms with van der Waals surface area (Å²) in [6, 6.07) is 20.0. The van der Waals surface area contributed by atoms with E-state index in [1.165, 1.54) is 0 Å². The minimum Gasteiger partial charge on any atom is -0.497 e.